The number of pyridine rings is 1. The molecule has 3 rings (SSSR count). The standard InChI is InChI=1S/C23H24N4O4S/c1-23(2,3)31-22(28)26(4)15-18-12-21(19-8-5-7-17(11-19)13-24)27(16-18)32(29,30)20-9-6-10-25-14-20/h5-12,14,16H,15H2,1-4H3. The first-order chi connectivity index (χ1) is 15.0. The summed E-state index contributed by atoms with van der Waals surface area (Å²) in [6.45, 7) is 5.46. The van der Waals surface area contributed by atoms with Crippen molar-refractivity contribution in [1.82, 2.24) is 13.9 Å². The van der Waals surface area contributed by atoms with Gasteiger partial charge in [0.1, 0.15) is 10.5 Å². The van der Waals surface area contributed by atoms with Crippen LogP contribution in [0.5, 0.6) is 0 Å². The summed E-state index contributed by atoms with van der Waals surface area (Å²) >= 11 is 0. The molecule has 9 heteroatoms. The van der Waals surface area contributed by atoms with E-state index in [0.717, 1.165) is 3.97 Å². The number of nitrogens with zero attached hydrogens (tertiary/aromatic N) is 4. The Hall–Kier alpha value is -3.64. The highest BCUT2D eigenvalue weighted by atomic mass is 32.2. The van der Waals surface area contributed by atoms with E-state index in [9.17, 15) is 18.5 Å². The number of hydrogen-bond donors (Lipinski definition) is 0. The number of benzene rings is 1. The van der Waals surface area contributed by atoms with Gasteiger partial charge in [0.25, 0.3) is 10.0 Å². The molecule has 8 nitrogen and oxygen atoms in total. The van der Waals surface area contributed by atoms with Crippen molar-refractivity contribution in [2.75, 3.05) is 7.05 Å². The Morgan fingerprint density at radius 1 is 1.22 bits per heavy atom. The van der Waals surface area contributed by atoms with Crippen molar-refractivity contribution in [2.24, 2.45) is 0 Å². The normalized spacial score (nSPS) is 11.6. The summed E-state index contributed by atoms with van der Waals surface area (Å²) < 4.78 is 33.2. The Labute approximate surface area is 187 Å². The van der Waals surface area contributed by atoms with Crippen molar-refractivity contribution in [3.8, 4) is 17.3 Å². The van der Waals surface area contributed by atoms with Crippen LogP contribution in [0.25, 0.3) is 11.3 Å². The maximum absolute atomic E-state index is 13.4. The first-order valence-corrected chi connectivity index (χ1v) is 11.3. The molecule has 0 radical (unpaired) electrons. The molecule has 0 aliphatic carbocycles. The number of hydrogen-bond acceptors (Lipinski definition) is 6. The molecule has 0 fully saturated rings. The van der Waals surface area contributed by atoms with E-state index in [1.54, 1.807) is 64.2 Å². The Kier molecular flexibility index (Phi) is 6.37. The summed E-state index contributed by atoms with van der Waals surface area (Å²) in [5.74, 6) is 0. The van der Waals surface area contributed by atoms with Crippen LogP contribution >= 0.6 is 0 Å². The van der Waals surface area contributed by atoms with E-state index >= 15 is 0 Å². The molecule has 2 heterocycles. The lowest BCUT2D eigenvalue weighted by Gasteiger charge is -2.24. The number of nitriles is 1. The van der Waals surface area contributed by atoms with Gasteiger partial charge >= 0.3 is 6.09 Å². The molecular weight excluding hydrogens is 428 g/mol. The monoisotopic (exact) mass is 452 g/mol. The Morgan fingerprint density at radius 3 is 2.59 bits per heavy atom. The first kappa shape index (κ1) is 23.0. The molecule has 0 spiro atoms. The number of carbonyl (C=O) groups is 1. The second kappa shape index (κ2) is 8.85. The van der Waals surface area contributed by atoms with Crippen LogP contribution in [0.15, 0.2) is 66.0 Å². The predicted molar refractivity (Wildman–Crippen MR) is 119 cm³/mol. The molecule has 3 aromatic rings. The molecule has 1 amide bonds. The fourth-order valence-corrected chi connectivity index (χ4v) is 4.40. The summed E-state index contributed by atoms with van der Waals surface area (Å²) in [6.07, 6.45) is 3.72. The van der Waals surface area contributed by atoms with Gasteiger partial charge in [-0.15, -0.1) is 0 Å². The van der Waals surface area contributed by atoms with Gasteiger partial charge in [0, 0.05) is 31.2 Å². The van der Waals surface area contributed by atoms with Crippen LogP contribution in [-0.4, -0.2) is 41.0 Å². The smallest absolute Gasteiger partial charge is 0.410 e. The summed E-state index contributed by atoms with van der Waals surface area (Å²) in [5.41, 5.74) is 1.27. The van der Waals surface area contributed by atoms with Gasteiger partial charge in [0.05, 0.1) is 23.9 Å². The lowest BCUT2D eigenvalue weighted by atomic mass is 10.1. The van der Waals surface area contributed by atoms with E-state index in [1.807, 2.05) is 0 Å². The minimum atomic E-state index is -3.96. The average molecular weight is 453 g/mol. The Bertz CT molecular complexity index is 1270. The molecule has 0 aliphatic rings. The second-order valence-electron chi connectivity index (χ2n) is 8.25. The maximum atomic E-state index is 13.4. The molecule has 2 aromatic heterocycles. The van der Waals surface area contributed by atoms with Crippen LogP contribution < -0.4 is 0 Å². The molecular formula is C23H24N4O4S. The van der Waals surface area contributed by atoms with Crippen molar-refractivity contribution >= 4 is 16.1 Å². The lowest BCUT2D eigenvalue weighted by Crippen LogP contribution is -2.33. The zero-order valence-electron chi connectivity index (χ0n) is 18.3. The van der Waals surface area contributed by atoms with Crippen LogP contribution in [0.2, 0.25) is 0 Å². The van der Waals surface area contributed by atoms with E-state index in [-0.39, 0.29) is 11.4 Å². The van der Waals surface area contributed by atoms with Gasteiger partial charge in [-0.2, -0.15) is 5.26 Å². The van der Waals surface area contributed by atoms with E-state index < -0.39 is 21.7 Å². The summed E-state index contributed by atoms with van der Waals surface area (Å²) in [5, 5.41) is 9.25. The van der Waals surface area contributed by atoms with Crippen molar-refractivity contribution in [3.05, 3.63) is 72.2 Å². The molecule has 0 N–H and O–H groups in total. The highest BCUT2D eigenvalue weighted by Gasteiger charge is 2.24. The van der Waals surface area contributed by atoms with Crippen molar-refractivity contribution in [2.45, 2.75) is 37.8 Å². The number of ether oxygens (including phenoxy) is 1. The first-order valence-electron chi connectivity index (χ1n) is 9.83. The van der Waals surface area contributed by atoms with Crippen molar-refractivity contribution in [3.63, 3.8) is 0 Å². The Balaban J connectivity index is 2.06. The van der Waals surface area contributed by atoms with Gasteiger partial charge in [0.2, 0.25) is 0 Å². The highest BCUT2D eigenvalue weighted by Crippen LogP contribution is 2.28. The van der Waals surface area contributed by atoms with Crippen LogP contribution in [0.3, 0.4) is 0 Å². The van der Waals surface area contributed by atoms with Gasteiger partial charge in [-0.25, -0.2) is 17.2 Å². The average Bonchev–Trinajstić information content (AvgIpc) is 3.18. The zero-order chi connectivity index (χ0) is 23.5. The van der Waals surface area contributed by atoms with Gasteiger partial charge in [0.15, 0.2) is 0 Å². The van der Waals surface area contributed by atoms with Crippen LogP contribution in [0, 0.1) is 11.3 Å². The van der Waals surface area contributed by atoms with Gasteiger partial charge < -0.3 is 9.64 Å². The lowest BCUT2D eigenvalue weighted by molar-refractivity contribution is 0.0285. The van der Waals surface area contributed by atoms with Gasteiger partial charge in [-0.3, -0.25) is 4.98 Å². The van der Waals surface area contributed by atoms with Crippen LogP contribution in [-0.2, 0) is 21.3 Å². The fourth-order valence-electron chi connectivity index (χ4n) is 3.03. The molecule has 0 aliphatic heterocycles. The largest absolute Gasteiger partial charge is 0.444 e. The maximum Gasteiger partial charge on any atom is 0.410 e. The SMILES string of the molecule is CN(Cc1cc(-c2cccc(C#N)c2)n(S(=O)(=O)c2cccnc2)c1)C(=O)OC(C)(C)C. The third kappa shape index (κ3) is 5.15. The third-order valence-corrected chi connectivity index (χ3v) is 6.10. The number of amides is 1. The minimum absolute atomic E-state index is 0.0281. The van der Waals surface area contributed by atoms with Crippen LogP contribution in [0.1, 0.15) is 31.9 Å². The molecule has 0 saturated heterocycles. The second-order valence-corrected chi connectivity index (χ2v) is 10.1. The van der Waals surface area contributed by atoms with Crippen molar-refractivity contribution < 1.29 is 17.9 Å². The van der Waals surface area contributed by atoms with Crippen molar-refractivity contribution in [1.29, 1.82) is 5.26 Å². The van der Waals surface area contributed by atoms with E-state index in [1.165, 1.54) is 29.6 Å². The molecule has 0 bridgehead atoms. The van der Waals surface area contributed by atoms with Crippen LogP contribution in [0.4, 0.5) is 4.79 Å². The number of carbonyl (C=O) groups excluding carboxylic acids is 1. The fraction of sp³-hybridized carbons (Fsp3) is 0.261. The molecule has 0 unspecified atom stereocenters. The number of aromatic nitrogens is 2. The van der Waals surface area contributed by atoms with Gasteiger partial charge in [-0.1, -0.05) is 12.1 Å². The van der Waals surface area contributed by atoms with E-state index in [0.29, 0.717) is 22.4 Å². The summed E-state index contributed by atoms with van der Waals surface area (Å²) in [4.78, 5) is 17.7. The van der Waals surface area contributed by atoms with E-state index in [2.05, 4.69) is 11.1 Å². The Morgan fingerprint density at radius 2 is 1.97 bits per heavy atom. The molecule has 0 saturated carbocycles. The topological polar surface area (TPSA) is 105 Å². The summed E-state index contributed by atoms with van der Waals surface area (Å²) in [6, 6.07) is 13.4. The van der Waals surface area contributed by atoms with Gasteiger partial charge in [-0.05, 0) is 56.7 Å². The molecule has 0 atom stereocenters. The molecule has 166 valence electrons. The number of rotatable bonds is 5. The molecule has 32 heavy (non-hydrogen) atoms. The molecule has 1 aromatic carbocycles. The highest BCUT2D eigenvalue weighted by molar-refractivity contribution is 7.90. The minimum Gasteiger partial charge on any atom is -0.444 e. The quantitative estimate of drug-likeness (QED) is 0.579. The van der Waals surface area contributed by atoms with E-state index in [4.69, 9.17) is 4.74 Å². The third-order valence-electron chi connectivity index (χ3n) is 4.45. The predicted octanol–water partition coefficient (Wildman–Crippen LogP) is 4.03. The zero-order valence-corrected chi connectivity index (χ0v) is 19.1. The summed E-state index contributed by atoms with van der Waals surface area (Å²) in [7, 11) is -2.38.